The summed E-state index contributed by atoms with van der Waals surface area (Å²) < 4.78 is 5.58. The number of hydrogen-bond acceptors (Lipinski definition) is 5. The molecule has 0 amide bonds. The van der Waals surface area contributed by atoms with Gasteiger partial charge in [0, 0.05) is 13.7 Å². The first-order chi connectivity index (χ1) is 8.99. The first kappa shape index (κ1) is 14.1. The Morgan fingerprint density at radius 3 is 2.58 bits per heavy atom. The Hall–Kier alpha value is -1.27. The molecular weight excluding hydrogens is 260 g/mol. The maximum Gasteiger partial charge on any atom is 0.159 e. The lowest BCUT2D eigenvalue weighted by atomic mass is 9.80. The summed E-state index contributed by atoms with van der Waals surface area (Å²) in [6.07, 6.45) is 3.34. The van der Waals surface area contributed by atoms with Crippen molar-refractivity contribution in [2.24, 2.45) is 5.73 Å². The monoisotopic (exact) mass is 280 g/mol. The Morgan fingerprint density at radius 1 is 1.42 bits per heavy atom. The molecule has 0 radical (unpaired) electrons. The van der Waals surface area contributed by atoms with Crippen LogP contribution in [0.5, 0.6) is 0 Å². The largest absolute Gasteiger partial charge is 0.389 e. The Morgan fingerprint density at radius 2 is 2.11 bits per heavy atom. The van der Waals surface area contributed by atoms with Crippen LogP contribution < -0.4 is 11.1 Å². The Bertz CT molecular complexity index is 494. The highest BCUT2D eigenvalue weighted by molar-refractivity contribution is 7.80. The number of nitrogens with one attached hydrogen (secondary N) is 1. The SMILES string of the molecule is COC1(CNc2nnc(C)c(C)c2C(N)=S)CCC1. The van der Waals surface area contributed by atoms with Crippen LogP contribution >= 0.6 is 12.2 Å². The highest BCUT2D eigenvalue weighted by Crippen LogP contribution is 2.35. The summed E-state index contributed by atoms with van der Waals surface area (Å²) in [6.45, 7) is 4.56. The van der Waals surface area contributed by atoms with Crippen LogP contribution in [0.1, 0.15) is 36.1 Å². The lowest BCUT2D eigenvalue weighted by molar-refractivity contribution is -0.0601. The molecule has 1 fully saturated rings. The van der Waals surface area contributed by atoms with Crippen LogP contribution in [0.15, 0.2) is 0 Å². The lowest BCUT2D eigenvalue weighted by Gasteiger charge is -2.40. The maximum absolute atomic E-state index is 5.80. The molecule has 0 unspecified atom stereocenters. The fourth-order valence-corrected chi connectivity index (χ4v) is 2.55. The number of rotatable bonds is 5. The van der Waals surface area contributed by atoms with Crippen molar-refractivity contribution in [3.8, 4) is 0 Å². The van der Waals surface area contributed by atoms with Gasteiger partial charge in [-0.3, -0.25) is 0 Å². The number of thiocarbonyl (C=S) groups is 1. The van der Waals surface area contributed by atoms with Gasteiger partial charge in [0.05, 0.1) is 16.9 Å². The van der Waals surface area contributed by atoms with Gasteiger partial charge in [0.1, 0.15) is 4.99 Å². The van der Waals surface area contributed by atoms with Crippen LogP contribution in [0.25, 0.3) is 0 Å². The fraction of sp³-hybridized carbons (Fsp3) is 0.615. The van der Waals surface area contributed by atoms with Crippen LogP contribution in [-0.2, 0) is 4.74 Å². The van der Waals surface area contributed by atoms with E-state index >= 15 is 0 Å². The Labute approximate surface area is 118 Å². The van der Waals surface area contributed by atoms with Gasteiger partial charge in [-0.1, -0.05) is 12.2 Å². The summed E-state index contributed by atoms with van der Waals surface area (Å²) in [5, 5.41) is 11.6. The number of methoxy groups -OCH3 is 1. The van der Waals surface area contributed by atoms with Gasteiger partial charge in [-0.25, -0.2) is 0 Å². The molecule has 0 aromatic carbocycles. The smallest absolute Gasteiger partial charge is 0.159 e. The van der Waals surface area contributed by atoms with Crippen molar-refractivity contribution in [2.45, 2.75) is 38.7 Å². The summed E-state index contributed by atoms with van der Waals surface area (Å²) >= 11 is 5.11. The molecule has 1 heterocycles. The third-order valence-electron chi connectivity index (χ3n) is 3.98. The minimum absolute atomic E-state index is 0.0754. The number of nitrogens with two attached hydrogens (primary N) is 1. The van der Waals surface area contributed by atoms with E-state index in [1.54, 1.807) is 7.11 Å². The number of anilines is 1. The highest BCUT2D eigenvalue weighted by Gasteiger charge is 2.37. The van der Waals surface area contributed by atoms with E-state index in [9.17, 15) is 0 Å². The summed E-state index contributed by atoms with van der Waals surface area (Å²) in [7, 11) is 1.75. The molecule has 2 rings (SSSR count). The summed E-state index contributed by atoms with van der Waals surface area (Å²) in [6, 6.07) is 0. The van der Waals surface area contributed by atoms with E-state index in [1.807, 2.05) is 13.8 Å². The topological polar surface area (TPSA) is 73.1 Å². The van der Waals surface area contributed by atoms with Crippen LogP contribution in [0.2, 0.25) is 0 Å². The van der Waals surface area contributed by atoms with Gasteiger partial charge in [-0.2, -0.15) is 5.10 Å². The van der Waals surface area contributed by atoms with E-state index in [4.69, 9.17) is 22.7 Å². The molecule has 1 aromatic heterocycles. The van der Waals surface area contributed by atoms with Crippen molar-refractivity contribution in [3.63, 3.8) is 0 Å². The van der Waals surface area contributed by atoms with Gasteiger partial charge in [0.25, 0.3) is 0 Å². The molecule has 0 bridgehead atoms. The number of aromatic nitrogens is 2. The molecule has 3 N–H and O–H groups in total. The van der Waals surface area contributed by atoms with Crippen LogP contribution in [0.3, 0.4) is 0 Å². The first-order valence-electron chi connectivity index (χ1n) is 6.42. The molecule has 19 heavy (non-hydrogen) atoms. The fourth-order valence-electron chi connectivity index (χ4n) is 2.30. The molecule has 0 aliphatic heterocycles. The van der Waals surface area contributed by atoms with Crippen molar-refractivity contribution in [2.75, 3.05) is 19.0 Å². The molecule has 104 valence electrons. The molecule has 6 heteroatoms. The second-order valence-corrected chi connectivity index (χ2v) is 5.53. The van der Waals surface area contributed by atoms with Gasteiger partial charge in [-0.15, -0.1) is 5.10 Å². The zero-order valence-electron chi connectivity index (χ0n) is 11.6. The van der Waals surface area contributed by atoms with Crippen LogP contribution in [0.4, 0.5) is 5.82 Å². The van der Waals surface area contributed by atoms with Crippen LogP contribution in [0, 0.1) is 13.8 Å². The van der Waals surface area contributed by atoms with Gasteiger partial charge < -0.3 is 15.8 Å². The van der Waals surface area contributed by atoms with E-state index in [1.165, 1.54) is 6.42 Å². The minimum Gasteiger partial charge on any atom is -0.389 e. The van der Waals surface area contributed by atoms with Gasteiger partial charge in [0.15, 0.2) is 5.82 Å². The average molecular weight is 280 g/mol. The second kappa shape index (κ2) is 5.38. The molecule has 1 aromatic rings. The van der Waals surface area contributed by atoms with Crippen molar-refractivity contribution in [3.05, 3.63) is 16.8 Å². The van der Waals surface area contributed by atoms with Crippen LogP contribution in [-0.4, -0.2) is 34.4 Å². The van der Waals surface area contributed by atoms with Crippen molar-refractivity contribution >= 4 is 23.0 Å². The summed E-state index contributed by atoms with van der Waals surface area (Å²) in [4.78, 5) is 0.345. The molecule has 1 aliphatic carbocycles. The zero-order chi connectivity index (χ0) is 14.0. The normalized spacial score (nSPS) is 16.8. The third-order valence-corrected chi connectivity index (χ3v) is 4.18. The van der Waals surface area contributed by atoms with E-state index in [0.29, 0.717) is 17.4 Å². The Balaban J connectivity index is 2.20. The highest BCUT2D eigenvalue weighted by atomic mass is 32.1. The first-order valence-corrected chi connectivity index (χ1v) is 6.82. The zero-order valence-corrected chi connectivity index (χ0v) is 12.4. The molecule has 1 saturated carbocycles. The quantitative estimate of drug-likeness (QED) is 0.800. The van der Waals surface area contributed by atoms with Crippen molar-refractivity contribution < 1.29 is 4.74 Å². The van der Waals surface area contributed by atoms with E-state index < -0.39 is 0 Å². The minimum atomic E-state index is -0.0754. The molecule has 0 saturated heterocycles. The number of nitrogens with zero attached hydrogens (tertiary/aromatic N) is 2. The lowest BCUT2D eigenvalue weighted by Crippen LogP contribution is -2.45. The van der Waals surface area contributed by atoms with Crippen molar-refractivity contribution in [1.82, 2.24) is 10.2 Å². The third kappa shape index (κ3) is 2.69. The molecule has 0 spiro atoms. The predicted octanol–water partition coefficient (Wildman–Crippen LogP) is 1.71. The van der Waals surface area contributed by atoms with E-state index in [2.05, 4.69) is 15.5 Å². The average Bonchev–Trinajstić information content (AvgIpc) is 2.32. The molecule has 5 nitrogen and oxygen atoms in total. The molecule has 0 atom stereocenters. The van der Waals surface area contributed by atoms with Gasteiger partial charge >= 0.3 is 0 Å². The summed E-state index contributed by atoms with van der Waals surface area (Å²) in [5.74, 6) is 0.652. The van der Waals surface area contributed by atoms with E-state index in [-0.39, 0.29) is 5.60 Å². The number of hydrogen-bond donors (Lipinski definition) is 2. The predicted molar refractivity (Wildman–Crippen MR) is 79.5 cm³/mol. The summed E-state index contributed by atoms with van der Waals surface area (Å²) in [5.41, 5.74) is 8.33. The second-order valence-electron chi connectivity index (χ2n) is 5.09. The van der Waals surface area contributed by atoms with Gasteiger partial charge in [-0.05, 0) is 38.7 Å². The number of ether oxygens (including phenoxy) is 1. The van der Waals surface area contributed by atoms with Gasteiger partial charge in [0.2, 0.25) is 0 Å². The van der Waals surface area contributed by atoms with Crippen molar-refractivity contribution in [1.29, 1.82) is 0 Å². The maximum atomic E-state index is 5.80. The molecule has 1 aliphatic rings. The Kier molecular flexibility index (Phi) is 4.01. The number of aryl methyl sites for hydroxylation is 1. The standard InChI is InChI=1S/C13H20N4OS/c1-8-9(2)16-17-12(10(8)11(14)19)15-7-13(18-3)5-4-6-13/h4-7H2,1-3H3,(H2,14,19)(H,15,17). The van der Waals surface area contributed by atoms with E-state index in [0.717, 1.165) is 29.7 Å². The molecular formula is C13H20N4OS.